The molecule has 2 N–H and O–H groups in total. The Kier molecular flexibility index (Phi) is 5.60. The molecule has 0 amide bonds. The van der Waals surface area contributed by atoms with Crippen LogP contribution < -0.4 is 5.73 Å². The molecule has 1 nitrogen and oxygen atoms in total. The lowest BCUT2D eigenvalue weighted by Gasteiger charge is -2.24. The predicted molar refractivity (Wildman–Crippen MR) is 72.3 cm³/mol. The SMILES string of the molecule is CCC(CC)C(CN)c1ccc(Cl)c(Cl)c1. The molecular weight excluding hydrogens is 241 g/mol. The molecule has 0 fully saturated rings. The first-order valence-corrected chi connectivity index (χ1v) is 6.54. The van der Waals surface area contributed by atoms with Gasteiger partial charge in [-0.05, 0) is 36.1 Å². The highest BCUT2D eigenvalue weighted by atomic mass is 35.5. The van der Waals surface area contributed by atoms with E-state index in [0.717, 1.165) is 12.8 Å². The van der Waals surface area contributed by atoms with Crippen LogP contribution in [0.15, 0.2) is 18.2 Å². The first-order valence-electron chi connectivity index (χ1n) is 5.79. The fourth-order valence-corrected chi connectivity index (χ4v) is 2.51. The van der Waals surface area contributed by atoms with Crippen LogP contribution in [0.25, 0.3) is 0 Å². The Morgan fingerprint density at radius 2 is 1.75 bits per heavy atom. The van der Waals surface area contributed by atoms with Crippen LogP contribution in [0.5, 0.6) is 0 Å². The van der Waals surface area contributed by atoms with E-state index in [2.05, 4.69) is 13.8 Å². The molecular formula is C13H19Cl2N. The maximum absolute atomic E-state index is 6.03. The van der Waals surface area contributed by atoms with E-state index in [4.69, 9.17) is 28.9 Å². The second-order valence-electron chi connectivity index (χ2n) is 4.09. The smallest absolute Gasteiger partial charge is 0.0595 e. The third-order valence-electron chi connectivity index (χ3n) is 3.24. The quantitative estimate of drug-likeness (QED) is 0.830. The van der Waals surface area contributed by atoms with Crippen molar-refractivity contribution in [2.45, 2.75) is 32.6 Å². The Morgan fingerprint density at radius 3 is 2.19 bits per heavy atom. The Morgan fingerprint density at radius 1 is 1.12 bits per heavy atom. The molecule has 0 aliphatic rings. The minimum Gasteiger partial charge on any atom is -0.330 e. The molecule has 0 bridgehead atoms. The van der Waals surface area contributed by atoms with E-state index in [1.165, 1.54) is 5.56 Å². The lowest BCUT2D eigenvalue weighted by atomic mass is 9.83. The molecule has 90 valence electrons. The van der Waals surface area contributed by atoms with Gasteiger partial charge in [0.15, 0.2) is 0 Å². The standard InChI is InChI=1S/C13H19Cl2N/c1-3-9(4-2)11(8-16)10-5-6-12(14)13(15)7-10/h5-7,9,11H,3-4,8,16H2,1-2H3. The van der Waals surface area contributed by atoms with E-state index in [-0.39, 0.29) is 0 Å². The first kappa shape index (κ1) is 13.8. The number of benzene rings is 1. The summed E-state index contributed by atoms with van der Waals surface area (Å²) in [6, 6.07) is 5.83. The number of hydrogen-bond acceptors (Lipinski definition) is 1. The fourth-order valence-electron chi connectivity index (χ4n) is 2.20. The van der Waals surface area contributed by atoms with E-state index in [9.17, 15) is 0 Å². The molecule has 0 radical (unpaired) electrons. The molecule has 3 heteroatoms. The van der Waals surface area contributed by atoms with E-state index < -0.39 is 0 Å². The molecule has 0 saturated heterocycles. The van der Waals surface area contributed by atoms with Crippen LogP contribution in [0.2, 0.25) is 10.0 Å². The average Bonchev–Trinajstić information content (AvgIpc) is 2.29. The Bertz CT molecular complexity index is 335. The van der Waals surface area contributed by atoms with Crippen LogP contribution in [0.3, 0.4) is 0 Å². The highest BCUT2D eigenvalue weighted by Crippen LogP contribution is 2.32. The predicted octanol–water partition coefficient (Wildman–Crippen LogP) is 4.47. The second kappa shape index (κ2) is 6.48. The van der Waals surface area contributed by atoms with Crippen LogP contribution in [0.4, 0.5) is 0 Å². The molecule has 1 atom stereocenters. The first-order chi connectivity index (χ1) is 7.63. The molecule has 1 aromatic carbocycles. The van der Waals surface area contributed by atoms with Crippen molar-refractivity contribution in [3.8, 4) is 0 Å². The summed E-state index contributed by atoms with van der Waals surface area (Å²) >= 11 is 11.9. The number of hydrogen-bond donors (Lipinski definition) is 1. The zero-order valence-electron chi connectivity index (χ0n) is 9.84. The van der Waals surface area contributed by atoms with Gasteiger partial charge in [0.25, 0.3) is 0 Å². The van der Waals surface area contributed by atoms with E-state index in [1.807, 2.05) is 18.2 Å². The molecule has 0 spiro atoms. The summed E-state index contributed by atoms with van der Waals surface area (Å²) in [6.07, 6.45) is 2.28. The highest BCUT2D eigenvalue weighted by molar-refractivity contribution is 6.42. The van der Waals surface area contributed by atoms with Gasteiger partial charge >= 0.3 is 0 Å². The van der Waals surface area contributed by atoms with Gasteiger partial charge in [0, 0.05) is 0 Å². The van der Waals surface area contributed by atoms with E-state index in [0.29, 0.717) is 28.4 Å². The summed E-state index contributed by atoms with van der Waals surface area (Å²) in [5.74, 6) is 0.993. The maximum Gasteiger partial charge on any atom is 0.0595 e. The number of rotatable bonds is 5. The van der Waals surface area contributed by atoms with Gasteiger partial charge in [-0.15, -0.1) is 0 Å². The van der Waals surface area contributed by atoms with Gasteiger partial charge in [0.2, 0.25) is 0 Å². The van der Waals surface area contributed by atoms with Gasteiger partial charge in [-0.1, -0.05) is 56.0 Å². The van der Waals surface area contributed by atoms with Crippen LogP contribution >= 0.6 is 23.2 Å². The van der Waals surface area contributed by atoms with E-state index in [1.54, 1.807) is 0 Å². The van der Waals surface area contributed by atoms with Gasteiger partial charge < -0.3 is 5.73 Å². The van der Waals surface area contributed by atoms with Crippen molar-refractivity contribution in [2.24, 2.45) is 11.7 Å². The molecule has 1 rings (SSSR count). The minimum absolute atomic E-state index is 0.379. The van der Waals surface area contributed by atoms with Crippen LogP contribution in [-0.4, -0.2) is 6.54 Å². The fraction of sp³-hybridized carbons (Fsp3) is 0.538. The zero-order valence-corrected chi connectivity index (χ0v) is 11.4. The third-order valence-corrected chi connectivity index (χ3v) is 3.98. The van der Waals surface area contributed by atoms with Gasteiger partial charge in [-0.25, -0.2) is 0 Å². The Balaban J connectivity index is 2.98. The van der Waals surface area contributed by atoms with Gasteiger partial charge in [0.05, 0.1) is 10.0 Å². The van der Waals surface area contributed by atoms with Gasteiger partial charge in [-0.3, -0.25) is 0 Å². The van der Waals surface area contributed by atoms with Crippen molar-refractivity contribution < 1.29 is 0 Å². The molecule has 1 aromatic rings. The van der Waals surface area contributed by atoms with Gasteiger partial charge in [0.1, 0.15) is 0 Å². The molecule has 0 aliphatic heterocycles. The molecule has 0 saturated carbocycles. The highest BCUT2D eigenvalue weighted by Gasteiger charge is 2.19. The summed E-state index contributed by atoms with van der Waals surface area (Å²) < 4.78 is 0. The summed E-state index contributed by atoms with van der Waals surface area (Å²) in [5.41, 5.74) is 7.07. The molecule has 0 heterocycles. The molecule has 0 aliphatic carbocycles. The normalized spacial score (nSPS) is 13.1. The second-order valence-corrected chi connectivity index (χ2v) is 4.91. The third kappa shape index (κ3) is 3.13. The zero-order chi connectivity index (χ0) is 12.1. The van der Waals surface area contributed by atoms with Crippen molar-refractivity contribution in [1.29, 1.82) is 0 Å². The lowest BCUT2D eigenvalue weighted by molar-refractivity contribution is 0.402. The maximum atomic E-state index is 6.03. The average molecular weight is 260 g/mol. The summed E-state index contributed by atoms with van der Waals surface area (Å²) in [4.78, 5) is 0. The lowest BCUT2D eigenvalue weighted by Crippen LogP contribution is -2.20. The van der Waals surface area contributed by atoms with Crippen molar-refractivity contribution in [3.63, 3.8) is 0 Å². The van der Waals surface area contributed by atoms with Crippen molar-refractivity contribution in [3.05, 3.63) is 33.8 Å². The summed E-state index contributed by atoms with van der Waals surface area (Å²) in [5, 5.41) is 1.22. The van der Waals surface area contributed by atoms with Crippen molar-refractivity contribution in [2.75, 3.05) is 6.54 Å². The Hall–Kier alpha value is -0.240. The number of nitrogens with two attached hydrogens (primary N) is 1. The van der Waals surface area contributed by atoms with Crippen LogP contribution in [-0.2, 0) is 0 Å². The largest absolute Gasteiger partial charge is 0.330 e. The van der Waals surface area contributed by atoms with Crippen LogP contribution in [0.1, 0.15) is 38.2 Å². The van der Waals surface area contributed by atoms with Crippen molar-refractivity contribution in [1.82, 2.24) is 0 Å². The van der Waals surface area contributed by atoms with Crippen molar-refractivity contribution >= 4 is 23.2 Å². The molecule has 0 aromatic heterocycles. The summed E-state index contributed by atoms with van der Waals surface area (Å²) in [7, 11) is 0. The Labute approximate surface area is 108 Å². The van der Waals surface area contributed by atoms with E-state index >= 15 is 0 Å². The minimum atomic E-state index is 0.379. The molecule has 1 unspecified atom stereocenters. The topological polar surface area (TPSA) is 26.0 Å². The monoisotopic (exact) mass is 259 g/mol. The van der Waals surface area contributed by atoms with Gasteiger partial charge in [-0.2, -0.15) is 0 Å². The number of halogens is 2. The molecule has 16 heavy (non-hydrogen) atoms. The summed E-state index contributed by atoms with van der Waals surface area (Å²) in [6.45, 7) is 5.06. The van der Waals surface area contributed by atoms with Crippen LogP contribution in [0, 0.1) is 5.92 Å².